The maximum absolute atomic E-state index is 13.1. The Hall–Kier alpha value is -2.70. The summed E-state index contributed by atoms with van der Waals surface area (Å²) in [4.78, 5) is 17.5. The van der Waals surface area contributed by atoms with Gasteiger partial charge in [0, 0.05) is 32.1 Å². The molecular formula is C25H30N4O2. The highest BCUT2D eigenvalue weighted by atomic mass is 16.5. The van der Waals surface area contributed by atoms with Crippen molar-refractivity contribution in [3.05, 3.63) is 60.2 Å². The quantitative estimate of drug-likeness (QED) is 0.652. The van der Waals surface area contributed by atoms with E-state index in [4.69, 9.17) is 9.84 Å². The molecule has 1 unspecified atom stereocenters. The number of carbonyl (C=O) groups excluding carboxylic acids is 1. The summed E-state index contributed by atoms with van der Waals surface area (Å²) in [5.74, 6) is 0.755. The first-order valence-electron chi connectivity index (χ1n) is 11.2. The van der Waals surface area contributed by atoms with Gasteiger partial charge >= 0.3 is 0 Å². The third kappa shape index (κ3) is 3.86. The lowest BCUT2D eigenvalue weighted by Gasteiger charge is -2.48. The normalized spacial score (nSPS) is 21.8. The lowest BCUT2D eigenvalue weighted by atomic mass is 9.88. The van der Waals surface area contributed by atoms with E-state index in [2.05, 4.69) is 35.2 Å². The number of anilines is 1. The van der Waals surface area contributed by atoms with Crippen molar-refractivity contribution >= 4 is 22.6 Å². The number of hydrogen-bond acceptors (Lipinski definition) is 4. The topological polar surface area (TPSA) is 50.6 Å². The average Bonchev–Trinajstić information content (AvgIpc) is 3.13. The minimum Gasteiger partial charge on any atom is -0.360 e. The van der Waals surface area contributed by atoms with E-state index in [1.54, 1.807) is 0 Å². The smallest absolute Gasteiger partial charge is 0.257 e. The van der Waals surface area contributed by atoms with E-state index < -0.39 is 6.10 Å². The van der Waals surface area contributed by atoms with Crippen LogP contribution in [0, 0.1) is 0 Å². The average molecular weight is 419 g/mol. The molecule has 1 aromatic heterocycles. The molecule has 0 bridgehead atoms. The van der Waals surface area contributed by atoms with Crippen LogP contribution >= 0.6 is 0 Å². The third-order valence-corrected chi connectivity index (χ3v) is 6.81. The summed E-state index contributed by atoms with van der Waals surface area (Å²) in [6, 6.07) is 18.7. The van der Waals surface area contributed by atoms with E-state index in [0.29, 0.717) is 6.54 Å². The summed E-state index contributed by atoms with van der Waals surface area (Å²) in [5.41, 5.74) is 2.12. The van der Waals surface area contributed by atoms with Gasteiger partial charge in [0.25, 0.3) is 5.91 Å². The van der Waals surface area contributed by atoms with E-state index in [-0.39, 0.29) is 11.5 Å². The Morgan fingerprint density at radius 2 is 1.77 bits per heavy atom. The van der Waals surface area contributed by atoms with E-state index >= 15 is 0 Å². The second-order valence-corrected chi connectivity index (χ2v) is 8.91. The molecule has 6 nitrogen and oxygen atoms in total. The molecule has 31 heavy (non-hydrogen) atoms. The van der Waals surface area contributed by atoms with Crippen LogP contribution in [0.5, 0.6) is 0 Å². The molecule has 5 rings (SSSR count). The predicted molar refractivity (Wildman–Crippen MR) is 122 cm³/mol. The first kappa shape index (κ1) is 20.2. The van der Waals surface area contributed by atoms with Gasteiger partial charge in [-0.3, -0.25) is 14.4 Å². The molecule has 2 saturated heterocycles. The van der Waals surface area contributed by atoms with Gasteiger partial charge in [0.2, 0.25) is 0 Å². The Balaban J connectivity index is 1.31. The highest BCUT2D eigenvalue weighted by molar-refractivity contribution is 6.03. The highest BCUT2D eigenvalue weighted by Gasteiger charge is 2.46. The number of fused-ring (bicyclic) bond motifs is 1. The van der Waals surface area contributed by atoms with Crippen molar-refractivity contribution in [1.29, 1.82) is 0 Å². The number of ether oxygens (including phenoxy) is 1. The maximum Gasteiger partial charge on any atom is 0.257 e. The minimum absolute atomic E-state index is 0.000912. The Labute approximate surface area is 183 Å². The van der Waals surface area contributed by atoms with Crippen molar-refractivity contribution in [1.82, 2.24) is 14.7 Å². The van der Waals surface area contributed by atoms with Gasteiger partial charge in [-0.05, 0) is 43.9 Å². The molecule has 2 fully saturated rings. The highest BCUT2D eigenvalue weighted by Crippen LogP contribution is 2.36. The van der Waals surface area contributed by atoms with E-state index in [1.165, 1.54) is 5.56 Å². The molecule has 0 aliphatic carbocycles. The SMILES string of the molecule is CC1OC2(CCN(CCc3ccccc3)CC2)CN(c2nn(C)c3ccccc23)C1=O. The molecule has 6 heteroatoms. The molecule has 2 aliphatic rings. The van der Waals surface area contributed by atoms with Crippen LogP contribution in [-0.2, 0) is 23.0 Å². The fourth-order valence-corrected chi connectivity index (χ4v) is 5.01. The van der Waals surface area contributed by atoms with Crippen molar-refractivity contribution in [3.63, 3.8) is 0 Å². The molecule has 1 spiro atoms. The zero-order valence-electron chi connectivity index (χ0n) is 18.3. The number of piperidine rings is 1. The van der Waals surface area contributed by atoms with Crippen molar-refractivity contribution in [2.75, 3.05) is 31.1 Å². The zero-order valence-corrected chi connectivity index (χ0v) is 18.3. The number of likely N-dealkylation sites (tertiary alicyclic amines) is 1. The lowest BCUT2D eigenvalue weighted by molar-refractivity contribution is -0.161. The van der Waals surface area contributed by atoms with Crippen LogP contribution in [0.3, 0.4) is 0 Å². The minimum atomic E-state index is -0.453. The first-order valence-corrected chi connectivity index (χ1v) is 11.2. The van der Waals surface area contributed by atoms with Gasteiger partial charge in [0.1, 0.15) is 6.10 Å². The Kier molecular flexibility index (Phi) is 5.28. The monoisotopic (exact) mass is 418 g/mol. The fraction of sp³-hybridized carbons (Fsp3) is 0.440. The number of para-hydroxylation sites is 1. The number of amides is 1. The molecule has 0 N–H and O–H groups in total. The molecule has 162 valence electrons. The summed E-state index contributed by atoms with van der Waals surface area (Å²) in [7, 11) is 1.93. The molecule has 2 aromatic carbocycles. The second-order valence-electron chi connectivity index (χ2n) is 8.91. The van der Waals surface area contributed by atoms with E-state index in [9.17, 15) is 4.79 Å². The van der Waals surface area contributed by atoms with Crippen molar-refractivity contribution in [2.45, 2.75) is 37.9 Å². The van der Waals surface area contributed by atoms with Crippen LogP contribution in [0.25, 0.3) is 10.9 Å². The third-order valence-electron chi connectivity index (χ3n) is 6.81. The molecule has 1 atom stereocenters. The van der Waals surface area contributed by atoms with Gasteiger partial charge in [-0.1, -0.05) is 42.5 Å². The number of hydrogen-bond donors (Lipinski definition) is 0. The number of benzene rings is 2. The maximum atomic E-state index is 13.1. The number of morpholine rings is 1. The van der Waals surface area contributed by atoms with Crippen LogP contribution in [0.15, 0.2) is 54.6 Å². The Morgan fingerprint density at radius 3 is 2.55 bits per heavy atom. The van der Waals surface area contributed by atoms with Gasteiger partial charge in [0.05, 0.1) is 17.7 Å². The number of rotatable bonds is 4. The largest absolute Gasteiger partial charge is 0.360 e. The van der Waals surface area contributed by atoms with E-state index in [1.807, 2.05) is 47.8 Å². The summed E-state index contributed by atoms with van der Waals surface area (Å²) >= 11 is 0. The molecule has 1 amide bonds. The van der Waals surface area contributed by atoms with Gasteiger partial charge in [-0.2, -0.15) is 5.10 Å². The van der Waals surface area contributed by atoms with E-state index in [0.717, 1.165) is 55.6 Å². The summed E-state index contributed by atoms with van der Waals surface area (Å²) < 4.78 is 8.21. The van der Waals surface area contributed by atoms with Crippen molar-refractivity contribution in [3.8, 4) is 0 Å². The van der Waals surface area contributed by atoms with Gasteiger partial charge in [-0.15, -0.1) is 0 Å². The molecule has 2 aliphatic heterocycles. The zero-order chi connectivity index (χ0) is 21.4. The Morgan fingerprint density at radius 1 is 1.06 bits per heavy atom. The van der Waals surface area contributed by atoms with Crippen molar-refractivity contribution in [2.24, 2.45) is 7.05 Å². The summed E-state index contributed by atoms with van der Waals surface area (Å²) in [6.45, 7) is 5.49. The fourth-order valence-electron chi connectivity index (χ4n) is 5.01. The lowest BCUT2D eigenvalue weighted by Crippen LogP contribution is -2.61. The summed E-state index contributed by atoms with van der Waals surface area (Å²) in [6.07, 6.45) is 2.47. The number of aryl methyl sites for hydroxylation is 1. The molecule has 0 radical (unpaired) electrons. The first-order chi connectivity index (χ1) is 15.0. The van der Waals surface area contributed by atoms with Crippen molar-refractivity contribution < 1.29 is 9.53 Å². The van der Waals surface area contributed by atoms with Gasteiger partial charge < -0.3 is 9.64 Å². The van der Waals surface area contributed by atoms with Crippen LogP contribution < -0.4 is 4.90 Å². The second kappa shape index (κ2) is 8.09. The molecule has 3 aromatic rings. The van der Waals surface area contributed by atoms with Crippen LogP contribution in [0.2, 0.25) is 0 Å². The summed E-state index contributed by atoms with van der Waals surface area (Å²) in [5, 5.41) is 5.73. The standard InChI is InChI=1S/C25H30N4O2/c1-19-24(30)29(23-21-10-6-7-11-22(21)27(2)26-23)18-25(31-19)13-16-28(17-14-25)15-12-20-8-4-3-5-9-20/h3-11,19H,12-18H2,1-2H3. The van der Waals surface area contributed by atoms with Crippen LogP contribution in [-0.4, -0.2) is 58.5 Å². The molecule has 3 heterocycles. The number of aromatic nitrogens is 2. The number of nitrogens with zero attached hydrogens (tertiary/aromatic N) is 4. The van der Waals surface area contributed by atoms with Crippen LogP contribution in [0.1, 0.15) is 25.3 Å². The predicted octanol–water partition coefficient (Wildman–Crippen LogP) is 3.40. The molecular weight excluding hydrogens is 388 g/mol. The van der Waals surface area contributed by atoms with Gasteiger partial charge in [-0.25, -0.2) is 0 Å². The van der Waals surface area contributed by atoms with Crippen LogP contribution in [0.4, 0.5) is 5.82 Å². The Bertz CT molecular complexity index is 1070. The van der Waals surface area contributed by atoms with Gasteiger partial charge in [0.15, 0.2) is 5.82 Å². The molecule has 0 saturated carbocycles. The number of carbonyl (C=O) groups is 1.